The number of ether oxygens (including phenoxy) is 1. The fourth-order valence-corrected chi connectivity index (χ4v) is 1.15. The molecule has 0 aromatic rings. The molecule has 1 atom stereocenters. The van der Waals surface area contributed by atoms with Crippen LogP contribution >= 0.6 is 11.6 Å². The molecule has 78 valence electrons. The highest BCUT2D eigenvalue weighted by atomic mass is 35.5. The average molecular weight is 207 g/mol. The molecule has 0 spiro atoms. The third-order valence-corrected chi connectivity index (χ3v) is 2.65. The fourth-order valence-electron chi connectivity index (χ4n) is 0.942. The van der Waals surface area contributed by atoms with Crippen molar-refractivity contribution >= 4 is 17.4 Å². The van der Waals surface area contributed by atoms with Gasteiger partial charge in [-0.3, -0.25) is 0 Å². The Morgan fingerprint density at radius 3 is 2.31 bits per heavy atom. The van der Waals surface area contributed by atoms with Gasteiger partial charge in [0, 0.05) is 13.0 Å². The SMILES string of the molecule is CC1(CCl)CCCO1.CCC(C)=O. The molecule has 1 saturated heterocycles. The first-order chi connectivity index (χ1) is 6.04. The van der Waals surface area contributed by atoms with Crippen LogP contribution < -0.4 is 0 Å². The Kier molecular flexibility index (Phi) is 6.35. The van der Waals surface area contributed by atoms with Crippen molar-refractivity contribution in [2.24, 2.45) is 0 Å². The standard InChI is InChI=1S/C6H11ClO.C4H8O/c1-6(5-7)3-2-4-8-6;1-3-4(2)5/h2-5H2,1H3;3H2,1-2H3. The van der Waals surface area contributed by atoms with Crippen LogP contribution in [0.5, 0.6) is 0 Å². The van der Waals surface area contributed by atoms with Crippen molar-refractivity contribution in [3.05, 3.63) is 0 Å². The highest BCUT2D eigenvalue weighted by Crippen LogP contribution is 2.25. The molecule has 0 aromatic carbocycles. The van der Waals surface area contributed by atoms with Crippen LogP contribution in [0.15, 0.2) is 0 Å². The van der Waals surface area contributed by atoms with Crippen molar-refractivity contribution in [1.29, 1.82) is 0 Å². The first-order valence-electron chi connectivity index (χ1n) is 4.73. The van der Waals surface area contributed by atoms with Crippen LogP contribution in [-0.2, 0) is 9.53 Å². The van der Waals surface area contributed by atoms with Crippen molar-refractivity contribution in [2.75, 3.05) is 12.5 Å². The summed E-state index contributed by atoms with van der Waals surface area (Å²) in [6.45, 7) is 6.39. The monoisotopic (exact) mass is 206 g/mol. The van der Waals surface area contributed by atoms with E-state index in [-0.39, 0.29) is 11.4 Å². The van der Waals surface area contributed by atoms with Crippen molar-refractivity contribution in [3.63, 3.8) is 0 Å². The second-order valence-electron chi connectivity index (χ2n) is 3.59. The zero-order valence-electron chi connectivity index (χ0n) is 8.73. The van der Waals surface area contributed by atoms with Gasteiger partial charge >= 0.3 is 0 Å². The number of halogens is 1. The normalized spacial score (nSPS) is 26.5. The summed E-state index contributed by atoms with van der Waals surface area (Å²) in [5.41, 5.74) is 0.00154. The van der Waals surface area contributed by atoms with Crippen molar-refractivity contribution in [2.45, 2.75) is 45.6 Å². The van der Waals surface area contributed by atoms with Gasteiger partial charge in [0.15, 0.2) is 0 Å². The molecular weight excluding hydrogens is 188 g/mol. The number of hydrogen-bond donors (Lipinski definition) is 0. The van der Waals surface area contributed by atoms with Crippen molar-refractivity contribution < 1.29 is 9.53 Å². The lowest BCUT2D eigenvalue weighted by molar-refractivity contribution is -0.116. The van der Waals surface area contributed by atoms with Crippen LogP contribution in [-0.4, -0.2) is 23.9 Å². The lowest BCUT2D eigenvalue weighted by atomic mass is 10.1. The highest BCUT2D eigenvalue weighted by Gasteiger charge is 2.27. The summed E-state index contributed by atoms with van der Waals surface area (Å²) in [5.74, 6) is 0.887. The molecule has 1 aliphatic rings. The lowest BCUT2D eigenvalue weighted by Crippen LogP contribution is -2.24. The van der Waals surface area contributed by atoms with Gasteiger partial charge in [-0.2, -0.15) is 0 Å². The van der Waals surface area contributed by atoms with E-state index < -0.39 is 0 Å². The van der Waals surface area contributed by atoms with Crippen LogP contribution in [0, 0.1) is 0 Å². The molecule has 0 amide bonds. The molecular formula is C10H19ClO2. The van der Waals surface area contributed by atoms with Gasteiger partial charge in [0.1, 0.15) is 5.78 Å². The Labute approximate surface area is 85.6 Å². The summed E-state index contributed by atoms with van der Waals surface area (Å²) < 4.78 is 5.36. The Morgan fingerprint density at radius 1 is 1.62 bits per heavy atom. The van der Waals surface area contributed by atoms with E-state index in [9.17, 15) is 4.79 Å². The van der Waals surface area contributed by atoms with Crippen molar-refractivity contribution in [3.8, 4) is 0 Å². The van der Waals surface area contributed by atoms with Gasteiger partial charge in [-0.15, -0.1) is 11.6 Å². The molecule has 0 aliphatic carbocycles. The van der Waals surface area contributed by atoms with Crippen molar-refractivity contribution in [1.82, 2.24) is 0 Å². The molecule has 1 heterocycles. The third kappa shape index (κ3) is 6.05. The number of rotatable bonds is 2. The molecule has 1 fully saturated rings. The van der Waals surface area contributed by atoms with E-state index in [2.05, 4.69) is 6.92 Å². The predicted molar refractivity (Wildman–Crippen MR) is 55.3 cm³/mol. The molecule has 1 aliphatic heterocycles. The minimum atomic E-state index is 0.00154. The maximum atomic E-state index is 9.81. The summed E-state index contributed by atoms with van der Waals surface area (Å²) in [5, 5.41) is 0. The fraction of sp³-hybridized carbons (Fsp3) is 0.900. The molecule has 0 saturated carbocycles. The van der Waals surface area contributed by atoms with E-state index >= 15 is 0 Å². The molecule has 0 radical (unpaired) electrons. The van der Waals surface area contributed by atoms with Crippen LogP contribution in [0.25, 0.3) is 0 Å². The maximum Gasteiger partial charge on any atom is 0.129 e. The number of carbonyl (C=O) groups is 1. The number of alkyl halides is 1. The number of Topliss-reactive ketones (excluding diaryl/α,β-unsaturated/α-hetero) is 1. The number of ketones is 1. The Balaban J connectivity index is 0.000000252. The smallest absolute Gasteiger partial charge is 0.129 e. The topological polar surface area (TPSA) is 26.3 Å². The molecule has 3 heteroatoms. The maximum absolute atomic E-state index is 9.81. The van der Waals surface area contributed by atoms with E-state index in [1.165, 1.54) is 6.42 Å². The van der Waals surface area contributed by atoms with E-state index in [1.807, 2.05) is 6.92 Å². The Bertz CT molecular complexity index is 151. The quantitative estimate of drug-likeness (QED) is 0.650. The molecule has 0 N–H and O–H groups in total. The van der Waals surface area contributed by atoms with Gasteiger partial charge in [-0.1, -0.05) is 6.92 Å². The zero-order valence-corrected chi connectivity index (χ0v) is 9.49. The van der Waals surface area contributed by atoms with Crippen LogP contribution in [0.2, 0.25) is 0 Å². The number of carbonyl (C=O) groups excluding carboxylic acids is 1. The zero-order chi connectivity index (χ0) is 10.3. The van der Waals surface area contributed by atoms with Crippen LogP contribution in [0.4, 0.5) is 0 Å². The second kappa shape index (κ2) is 6.39. The molecule has 13 heavy (non-hydrogen) atoms. The second-order valence-corrected chi connectivity index (χ2v) is 3.86. The minimum absolute atomic E-state index is 0.00154. The molecule has 1 rings (SSSR count). The first kappa shape index (κ1) is 12.9. The van der Waals surface area contributed by atoms with Crippen LogP contribution in [0.3, 0.4) is 0 Å². The van der Waals surface area contributed by atoms with E-state index in [1.54, 1.807) is 6.92 Å². The van der Waals surface area contributed by atoms with Gasteiger partial charge in [-0.25, -0.2) is 0 Å². The predicted octanol–water partition coefficient (Wildman–Crippen LogP) is 2.78. The largest absolute Gasteiger partial charge is 0.374 e. The lowest BCUT2D eigenvalue weighted by Gasteiger charge is -2.18. The van der Waals surface area contributed by atoms with Crippen LogP contribution in [0.1, 0.15) is 40.0 Å². The molecule has 1 unspecified atom stereocenters. The highest BCUT2D eigenvalue weighted by molar-refractivity contribution is 6.18. The minimum Gasteiger partial charge on any atom is -0.374 e. The average Bonchev–Trinajstić information content (AvgIpc) is 2.54. The molecule has 0 aromatic heterocycles. The molecule has 0 bridgehead atoms. The summed E-state index contributed by atoms with van der Waals surface area (Å²) >= 11 is 5.62. The summed E-state index contributed by atoms with van der Waals surface area (Å²) in [7, 11) is 0. The van der Waals surface area contributed by atoms with Gasteiger partial charge < -0.3 is 9.53 Å². The summed E-state index contributed by atoms with van der Waals surface area (Å²) in [6, 6.07) is 0. The first-order valence-corrected chi connectivity index (χ1v) is 5.27. The van der Waals surface area contributed by atoms with E-state index in [4.69, 9.17) is 16.3 Å². The Hall–Kier alpha value is -0.0800. The Morgan fingerprint density at radius 2 is 2.15 bits per heavy atom. The van der Waals surface area contributed by atoms with E-state index in [0.717, 1.165) is 13.0 Å². The molecule has 2 nitrogen and oxygen atoms in total. The van der Waals surface area contributed by atoms with E-state index in [0.29, 0.717) is 12.3 Å². The van der Waals surface area contributed by atoms with Gasteiger partial charge in [-0.05, 0) is 26.7 Å². The van der Waals surface area contributed by atoms with Gasteiger partial charge in [0.05, 0.1) is 11.5 Å². The van der Waals surface area contributed by atoms with Gasteiger partial charge in [0.25, 0.3) is 0 Å². The summed E-state index contributed by atoms with van der Waals surface area (Å²) in [4.78, 5) is 9.81. The number of hydrogen-bond acceptors (Lipinski definition) is 2. The summed E-state index contributed by atoms with van der Waals surface area (Å²) in [6.07, 6.45) is 2.96. The third-order valence-electron chi connectivity index (χ3n) is 2.08. The van der Waals surface area contributed by atoms with Gasteiger partial charge in [0.2, 0.25) is 0 Å².